The fourth-order valence-electron chi connectivity index (χ4n) is 8.53. The van der Waals surface area contributed by atoms with Gasteiger partial charge in [0.15, 0.2) is 5.58 Å². The van der Waals surface area contributed by atoms with E-state index >= 15 is 0 Å². The molecule has 10 aromatic carbocycles. The lowest BCUT2D eigenvalue weighted by molar-refractivity contribution is 0.673. The monoisotopic (exact) mass is 687 g/mol. The van der Waals surface area contributed by atoms with Crippen molar-refractivity contribution in [1.29, 1.82) is 0 Å². The summed E-state index contributed by atoms with van der Waals surface area (Å²) in [4.78, 5) is 2.36. The van der Waals surface area contributed by atoms with Gasteiger partial charge in [0.25, 0.3) is 0 Å². The molecule has 252 valence electrons. The Morgan fingerprint density at radius 1 is 0.315 bits per heavy atom. The Kier molecular flexibility index (Phi) is 6.90. The summed E-state index contributed by atoms with van der Waals surface area (Å²) in [7, 11) is 0. The molecule has 1 aromatic heterocycles. The molecule has 2 heteroatoms. The van der Waals surface area contributed by atoms with Crippen LogP contribution in [0.2, 0.25) is 0 Å². The summed E-state index contributed by atoms with van der Waals surface area (Å²) < 4.78 is 6.94. The van der Waals surface area contributed by atoms with E-state index in [1.54, 1.807) is 0 Å². The van der Waals surface area contributed by atoms with Gasteiger partial charge in [-0.05, 0) is 90.8 Å². The Morgan fingerprint density at radius 3 is 1.72 bits per heavy atom. The van der Waals surface area contributed by atoms with Crippen molar-refractivity contribution in [3.05, 3.63) is 200 Å². The lowest BCUT2D eigenvalue weighted by Crippen LogP contribution is -2.11. The molecule has 0 amide bonds. The highest BCUT2D eigenvalue weighted by atomic mass is 16.3. The van der Waals surface area contributed by atoms with E-state index in [0.717, 1.165) is 55.5 Å². The average molecular weight is 688 g/mol. The number of para-hydroxylation sites is 2. The smallest absolute Gasteiger partial charge is 0.159 e. The zero-order chi connectivity index (χ0) is 35.6. The first-order valence-electron chi connectivity index (χ1n) is 18.5. The fourth-order valence-corrected chi connectivity index (χ4v) is 8.53. The van der Waals surface area contributed by atoms with Crippen LogP contribution in [0.25, 0.3) is 87.3 Å². The highest BCUT2D eigenvalue weighted by Gasteiger charge is 2.23. The summed E-state index contributed by atoms with van der Waals surface area (Å²) in [6.45, 7) is 0. The van der Waals surface area contributed by atoms with Crippen molar-refractivity contribution in [2.24, 2.45) is 0 Å². The van der Waals surface area contributed by atoms with Crippen molar-refractivity contribution in [3.8, 4) is 22.3 Å². The molecule has 54 heavy (non-hydrogen) atoms. The zero-order valence-corrected chi connectivity index (χ0v) is 29.4. The molecule has 0 aliphatic carbocycles. The van der Waals surface area contributed by atoms with Crippen LogP contribution in [0.4, 0.5) is 17.1 Å². The average Bonchev–Trinajstić information content (AvgIpc) is 3.64. The largest absolute Gasteiger partial charge is 0.453 e. The number of furan rings is 1. The van der Waals surface area contributed by atoms with Crippen molar-refractivity contribution in [3.63, 3.8) is 0 Å². The van der Waals surface area contributed by atoms with Crippen LogP contribution in [0, 0.1) is 0 Å². The molecule has 0 radical (unpaired) electrons. The van der Waals surface area contributed by atoms with Gasteiger partial charge in [-0.1, -0.05) is 164 Å². The van der Waals surface area contributed by atoms with Gasteiger partial charge >= 0.3 is 0 Å². The van der Waals surface area contributed by atoms with Crippen LogP contribution in [-0.4, -0.2) is 0 Å². The summed E-state index contributed by atoms with van der Waals surface area (Å²) in [5, 5.41) is 12.1. The van der Waals surface area contributed by atoms with E-state index < -0.39 is 0 Å². The van der Waals surface area contributed by atoms with Gasteiger partial charge in [0.05, 0.1) is 11.4 Å². The van der Waals surface area contributed by atoms with E-state index in [1.165, 1.54) is 48.8 Å². The second-order valence-corrected chi connectivity index (χ2v) is 14.0. The Bertz CT molecular complexity index is 3210. The van der Waals surface area contributed by atoms with E-state index in [0.29, 0.717) is 0 Å². The summed E-state index contributed by atoms with van der Waals surface area (Å²) in [6.07, 6.45) is 0. The van der Waals surface area contributed by atoms with Crippen LogP contribution in [-0.2, 0) is 0 Å². The SMILES string of the molecule is c1ccc(-c2ccccc2N(c2ccc(-c3cc4ccc5ccccc5c4c4ccccc34)cc2)c2cccc3c2oc2c4ccccc4ccc32)cc1. The molecule has 0 fully saturated rings. The molecule has 0 saturated carbocycles. The molecule has 0 aliphatic heterocycles. The number of hydrogen-bond donors (Lipinski definition) is 0. The maximum Gasteiger partial charge on any atom is 0.159 e. The lowest BCUT2D eigenvalue weighted by Gasteiger charge is -2.28. The maximum atomic E-state index is 6.94. The minimum absolute atomic E-state index is 0.864. The van der Waals surface area contributed by atoms with E-state index in [9.17, 15) is 0 Å². The van der Waals surface area contributed by atoms with Crippen molar-refractivity contribution in [2.75, 3.05) is 4.90 Å². The topological polar surface area (TPSA) is 16.4 Å². The lowest BCUT2D eigenvalue weighted by atomic mass is 9.90. The molecule has 2 nitrogen and oxygen atoms in total. The summed E-state index contributed by atoms with van der Waals surface area (Å²) >= 11 is 0. The quantitative estimate of drug-likeness (QED) is 0.168. The molecule has 0 bridgehead atoms. The second kappa shape index (κ2) is 12.2. The summed E-state index contributed by atoms with van der Waals surface area (Å²) in [5.41, 5.74) is 9.61. The van der Waals surface area contributed by atoms with Crippen LogP contribution >= 0.6 is 0 Å². The molecule has 0 unspecified atom stereocenters. The Morgan fingerprint density at radius 2 is 0.889 bits per heavy atom. The third-order valence-corrected chi connectivity index (χ3v) is 11.0. The molecule has 11 aromatic rings. The normalized spacial score (nSPS) is 11.7. The van der Waals surface area contributed by atoms with Gasteiger partial charge in [0, 0.05) is 27.4 Å². The summed E-state index contributed by atoms with van der Waals surface area (Å²) in [5.74, 6) is 0. The Balaban J connectivity index is 1.13. The van der Waals surface area contributed by atoms with E-state index in [1.807, 2.05) is 0 Å². The van der Waals surface area contributed by atoms with E-state index in [4.69, 9.17) is 4.42 Å². The van der Waals surface area contributed by atoms with Crippen molar-refractivity contribution < 1.29 is 4.42 Å². The third-order valence-electron chi connectivity index (χ3n) is 11.0. The molecule has 0 atom stereocenters. The molecule has 0 aliphatic rings. The predicted molar refractivity (Wildman–Crippen MR) is 229 cm³/mol. The number of benzene rings is 10. The van der Waals surface area contributed by atoms with Crippen molar-refractivity contribution >= 4 is 82.1 Å². The second-order valence-electron chi connectivity index (χ2n) is 14.0. The minimum Gasteiger partial charge on any atom is -0.453 e. The maximum absolute atomic E-state index is 6.94. The number of anilines is 3. The van der Waals surface area contributed by atoms with Crippen LogP contribution in [0.1, 0.15) is 0 Å². The van der Waals surface area contributed by atoms with Crippen LogP contribution in [0.5, 0.6) is 0 Å². The van der Waals surface area contributed by atoms with Gasteiger partial charge in [-0.3, -0.25) is 0 Å². The number of hydrogen-bond acceptors (Lipinski definition) is 2. The first kappa shape index (κ1) is 30.5. The third kappa shape index (κ3) is 4.74. The van der Waals surface area contributed by atoms with Gasteiger partial charge in [-0.15, -0.1) is 0 Å². The van der Waals surface area contributed by atoms with Crippen molar-refractivity contribution in [1.82, 2.24) is 0 Å². The zero-order valence-electron chi connectivity index (χ0n) is 29.4. The van der Waals surface area contributed by atoms with E-state index in [-0.39, 0.29) is 0 Å². The molecule has 0 saturated heterocycles. The molecule has 1 heterocycles. The molecular formula is C52H33NO. The van der Waals surface area contributed by atoms with Gasteiger partial charge in [0.1, 0.15) is 5.58 Å². The number of fused-ring (bicyclic) bond motifs is 10. The number of nitrogens with zero attached hydrogens (tertiary/aromatic N) is 1. The first-order chi connectivity index (χ1) is 26.8. The standard InChI is InChI=1S/C52H33NO/c1-2-13-34(14-3-1)40-17-10-11-23-48(40)53(49-24-12-22-45-46-32-29-36-16-5-7-19-42(36)51(46)54-52(45)49)39-30-27-37(28-31-39)47-33-38-26-25-35-15-4-6-18-41(35)50(38)44-21-9-8-20-43(44)47/h1-33H. The number of rotatable bonds is 5. The van der Waals surface area contributed by atoms with Gasteiger partial charge in [-0.25, -0.2) is 0 Å². The van der Waals surface area contributed by atoms with Crippen LogP contribution in [0.3, 0.4) is 0 Å². The van der Waals surface area contributed by atoms with Gasteiger partial charge in [0.2, 0.25) is 0 Å². The molecule has 11 rings (SSSR count). The van der Waals surface area contributed by atoms with Crippen molar-refractivity contribution in [2.45, 2.75) is 0 Å². The van der Waals surface area contributed by atoms with Crippen LogP contribution < -0.4 is 4.90 Å². The molecular weight excluding hydrogens is 655 g/mol. The molecule has 0 N–H and O–H groups in total. The highest BCUT2D eigenvalue weighted by Crippen LogP contribution is 2.47. The fraction of sp³-hybridized carbons (Fsp3) is 0. The minimum atomic E-state index is 0.864. The van der Waals surface area contributed by atoms with Gasteiger partial charge < -0.3 is 9.32 Å². The highest BCUT2D eigenvalue weighted by molar-refractivity contribution is 6.23. The Labute approximate surface area is 312 Å². The Hall–Kier alpha value is -7.16. The molecule has 0 spiro atoms. The van der Waals surface area contributed by atoms with Gasteiger partial charge in [-0.2, -0.15) is 0 Å². The predicted octanol–water partition coefficient (Wildman–Crippen LogP) is 15.0. The van der Waals surface area contributed by atoms with Crippen LogP contribution in [0.15, 0.2) is 205 Å². The summed E-state index contributed by atoms with van der Waals surface area (Å²) in [6, 6.07) is 72.1. The first-order valence-corrected chi connectivity index (χ1v) is 18.5. The van der Waals surface area contributed by atoms with E-state index in [2.05, 4.69) is 205 Å².